The molecule has 0 aliphatic carbocycles. The Morgan fingerprint density at radius 1 is 1.29 bits per heavy atom. The van der Waals surface area contributed by atoms with Gasteiger partial charge in [-0.25, -0.2) is 13.2 Å². The maximum absolute atomic E-state index is 12.4. The van der Waals surface area contributed by atoms with Gasteiger partial charge in [0.2, 0.25) is 0 Å². The number of benzene rings is 1. The molecule has 0 bridgehead atoms. The molecule has 0 aliphatic heterocycles. The Balaban J connectivity index is 2.45. The van der Waals surface area contributed by atoms with E-state index in [1.807, 2.05) is 6.92 Å². The van der Waals surface area contributed by atoms with Crippen LogP contribution in [-0.2, 0) is 10.0 Å². The standard InChI is InChI=1S/C13H12BrNO4S2/c1-7-5-9(3-4-10(7)14)15-21(18,19)12-8(2)6-20-11(12)13(16)17/h3-6,15H,1-2H3,(H,16,17). The van der Waals surface area contributed by atoms with Crippen molar-refractivity contribution in [2.75, 3.05) is 4.72 Å². The number of carboxylic acid groups (broad SMARTS) is 1. The largest absolute Gasteiger partial charge is 0.477 e. The second-order valence-electron chi connectivity index (χ2n) is 4.45. The molecule has 0 saturated heterocycles. The number of rotatable bonds is 4. The first kappa shape index (κ1) is 16.0. The Hall–Kier alpha value is -1.38. The van der Waals surface area contributed by atoms with Crippen molar-refractivity contribution in [2.45, 2.75) is 18.7 Å². The number of carboxylic acids is 1. The van der Waals surface area contributed by atoms with Crippen molar-refractivity contribution in [3.05, 3.63) is 44.1 Å². The van der Waals surface area contributed by atoms with E-state index in [0.29, 0.717) is 11.3 Å². The summed E-state index contributed by atoms with van der Waals surface area (Å²) in [6.07, 6.45) is 0. The minimum absolute atomic E-state index is 0.180. The van der Waals surface area contributed by atoms with E-state index in [1.54, 1.807) is 25.1 Å². The number of aryl methyl sites for hydroxylation is 2. The maximum atomic E-state index is 12.4. The predicted molar refractivity (Wildman–Crippen MR) is 85.7 cm³/mol. The predicted octanol–water partition coefficient (Wildman–Crippen LogP) is 3.63. The highest BCUT2D eigenvalue weighted by Gasteiger charge is 2.26. The number of hydrogen-bond acceptors (Lipinski definition) is 4. The highest BCUT2D eigenvalue weighted by Crippen LogP contribution is 2.29. The average Bonchev–Trinajstić information content (AvgIpc) is 2.76. The zero-order valence-electron chi connectivity index (χ0n) is 11.2. The third kappa shape index (κ3) is 3.28. The summed E-state index contributed by atoms with van der Waals surface area (Å²) in [5.74, 6) is -1.25. The van der Waals surface area contributed by atoms with E-state index in [2.05, 4.69) is 20.7 Å². The Bertz CT molecular complexity index is 812. The van der Waals surface area contributed by atoms with Crippen LogP contribution in [0.1, 0.15) is 20.8 Å². The van der Waals surface area contributed by atoms with Crippen molar-refractivity contribution in [3.63, 3.8) is 0 Å². The van der Waals surface area contributed by atoms with E-state index >= 15 is 0 Å². The van der Waals surface area contributed by atoms with Crippen LogP contribution in [0.2, 0.25) is 0 Å². The molecule has 21 heavy (non-hydrogen) atoms. The van der Waals surface area contributed by atoms with E-state index < -0.39 is 16.0 Å². The molecule has 0 unspecified atom stereocenters. The summed E-state index contributed by atoms with van der Waals surface area (Å²) >= 11 is 4.24. The zero-order chi connectivity index (χ0) is 15.8. The van der Waals surface area contributed by atoms with Gasteiger partial charge in [-0.05, 0) is 48.6 Å². The number of anilines is 1. The summed E-state index contributed by atoms with van der Waals surface area (Å²) in [7, 11) is -3.94. The van der Waals surface area contributed by atoms with Crippen LogP contribution in [0.25, 0.3) is 0 Å². The first-order valence-corrected chi connectivity index (χ1v) is 8.98. The summed E-state index contributed by atoms with van der Waals surface area (Å²) in [5, 5.41) is 10.6. The van der Waals surface area contributed by atoms with E-state index in [-0.39, 0.29) is 9.77 Å². The molecule has 5 nitrogen and oxygen atoms in total. The lowest BCUT2D eigenvalue weighted by Gasteiger charge is -2.10. The number of halogens is 1. The van der Waals surface area contributed by atoms with Gasteiger partial charge >= 0.3 is 5.97 Å². The summed E-state index contributed by atoms with van der Waals surface area (Å²) < 4.78 is 28.1. The van der Waals surface area contributed by atoms with Gasteiger partial charge in [-0.1, -0.05) is 15.9 Å². The van der Waals surface area contributed by atoms with Gasteiger partial charge in [-0.3, -0.25) is 4.72 Å². The molecule has 2 aromatic rings. The van der Waals surface area contributed by atoms with E-state index in [4.69, 9.17) is 5.11 Å². The number of aromatic carboxylic acids is 1. The fourth-order valence-electron chi connectivity index (χ4n) is 1.83. The minimum atomic E-state index is -3.94. The van der Waals surface area contributed by atoms with Gasteiger partial charge < -0.3 is 5.11 Å². The van der Waals surface area contributed by atoms with Crippen molar-refractivity contribution in [1.29, 1.82) is 0 Å². The SMILES string of the molecule is Cc1cc(NS(=O)(=O)c2c(C)csc2C(=O)O)ccc1Br. The molecular weight excluding hydrogens is 378 g/mol. The van der Waals surface area contributed by atoms with Crippen LogP contribution in [-0.4, -0.2) is 19.5 Å². The Kier molecular flexibility index (Phi) is 4.40. The summed E-state index contributed by atoms with van der Waals surface area (Å²) in [4.78, 5) is 10.8. The van der Waals surface area contributed by atoms with E-state index in [1.165, 1.54) is 5.38 Å². The van der Waals surface area contributed by atoms with Crippen LogP contribution in [0, 0.1) is 13.8 Å². The second kappa shape index (κ2) is 5.78. The fourth-order valence-corrected chi connectivity index (χ4v) is 4.76. The van der Waals surface area contributed by atoms with Gasteiger partial charge in [-0.15, -0.1) is 11.3 Å². The smallest absolute Gasteiger partial charge is 0.347 e. The maximum Gasteiger partial charge on any atom is 0.347 e. The number of carbonyl (C=O) groups is 1. The van der Waals surface area contributed by atoms with Crippen molar-refractivity contribution in [3.8, 4) is 0 Å². The summed E-state index contributed by atoms with van der Waals surface area (Å²) in [6.45, 7) is 3.41. The van der Waals surface area contributed by atoms with Crippen LogP contribution in [0.15, 0.2) is 32.9 Å². The van der Waals surface area contributed by atoms with Crippen molar-refractivity contribution in [2.24, 2.45) is 0 Å². The lowest BCUT2D eigenvalue weighted by atomic mass is 10.2. The van der Waals surface area contributed by atoms with Crippen LogP contribution >= 0.6 is 27.3 Å². The molecule has 1 heterocycles. The Labute approximate surface area is 134 Å². The van der Waals surface area contributed by atoms with Crippen LogP contribution < -0.4 is 4.72 Å². The third-order valence-corrected chi connectivity index (χ3v) is 6.46. The number of nitrogens with one attached hydrogen (secondary N) is 1. The fraction of sp³-hybridized carbons (Fsp3) is 0.154. The van der Waals surface area contributed by atoms with Crippen molar-refractivity contribution in [1.82, 2.24) is 0 Å². The van der Waals surface area contributed by atoms with Crippen molar-refractivity contribution >= 4 is 48.9 Å². The number of thiophene rings is 1. The van der Waals surface area contributed by atoms with Crippen LogP contribution in [0.3, 0.4) is 0 Å². The number of hydrogen-bond donors (Lipinski definition) is 2. The topological polar surface area (TPSA) is 83.5 Å². The first-order chi connectivity index (χ1) is 9.72. The Morgan fingerprint density at radius 2 is 1.95 bits per heavy atom. The van der Waals surface area contributed by atoms with Crippen LogP contribution in [0.5, 0.6) is 0 Å². The Morgan fingerprint density at radius 3 is 2.52 bits per heavy atom. The van der Waals surface area contributed by atoms with Gasteiger partial charge in [0.1, 0.15) is 9.77 Å². The molecule has 2 N–H and O–H groups in total. The second-order valence-corrected chi connectivity index (χ2v) is 7.80. The molecule has 0 radical (unpaired) electrons. The van der Waals surface area contributed by atoms with E-state index in [9.17, 15) is 13.2 Å². The molecule has 0 amide bonds. The molecule has 112 valence electrons. The van der Waals surface area contributed by atoms with Crippen LogP contribution in [0.4, 0.5) is 5.69 Å². The molecule has 0 spiro atoms. The first-order valence-electron chi connectivity index (χ1n) is 5.82. The van der Waals surface area contributed by atoms with Gasteiger partial charge in [0, 0.05) is 10.2 Å². The molecule has 0 atom stereocenters. The van der Waals surface area contributed by atoms with Crippen molar-refractivity contribution < 1.29 is 18.3 Å². The van der Waals surface area contributed by atoms with Gasteiger partial charge in [0.15, 0.2) is 0 Å². The zero-order valence-corrected chi connectivity index (χ0v) is 14.4. The highest BCUT2D eigenvalue weighted by atomic mass is 79.9. The molecule has 2 rings (SSSR count). The highest BCUT2D eigenvalue weighted by molar-refractivity contribution is 9.10. The van der Waals surface area contributed by atoms with Gasteiger partial charge in [0.05, 0.1) is 0 Å². The third-order valence-electron chi connectivity index (χ3n) is 2.79. The molecule has 0 aliphatic rings. The quantitative estimate of drug-likeness (QED) is 0.835. The minimum Gasteiger partial charge on any atom is -0.477 e. The summed E-state index contributed by atoms with van der Waals surface area (Å²) in [5.41, 5.74) is 1.67. The summed E-state index contributed by atoms with van der Waals surface area (Å²) in [6, 6.07) is 5.01. The normalized spacial score (nSPS) is 11.4. The average molecular weight is 390 g/mol. The number of sulfonamides is 1. The molecule has 1 aromatic carbocycles. The van der Waals surface area contributed by atoms with E-state index in [0.717, 1.165) is 21.4 Å². The lowest BCUT2D eigenvalue weighted by Crippen LogP contribution is -2.16. The molecule has 8 heteroatoms. The molecule has 0 fully saturated rings. The molecule has 1 aromatic heterocycles. The molecular formula is C13H12BrNO4S2. The molecule has 0 saturated carbocycles. The lowest BCUT2D eigenvalue weighted by molar-refractivity contribution is 0.0698. The monoisotopic (exact) mass is 389 g/mol. The van der Waals surface area contributed by atoms with Gasteiger partial charge in [-0.2, -0.15) is 0 Å². The van der Waals surface area contributed by atoms with Gasteiger partial charge in [0.25, 0.3) is 10.0 Å².